The second-order valence-electron chi connectivity index (χ2n) is 2.93. The van der Waals surface area contributed by atoms with E-state index < -0.39 is 0 Å². The molecular weight excluding hydrogens is 204 g/mol. The van der Waals surface area contributed by atoms with Crippen LogP contribution in [0.15, 0.2) is 35.3 Å². The molecule has 1 rings (SSSR count). The minimum Gasteiger partial charge on any atom is -0.485 e. The number of ether oxygens (including phenoxy) is 2. The molecule has 1 aromatic rings. The van der Waals surface area contributed by atoms with Gasteiger partial charge in [-0.2, -0.15) is 0 Å². The van der Waals surface area contributed by atoms with Crippen LogP contribution in [0.1, 0.15) is 13.8 Å². The topological polar surface area (TPSA) is 54.7 Å². The molecule has 1 aromatic carbocycles. The van der Waals surface area contributed by atoms with E-state index in [0.717, 1.165) is 5.69 Å². The first kappa shape index (κ1) is 14.2. The molecule has 88 valence electrons. The molecule has 16 heavy (non-hydrogen) atoms. The van der Waals surface area contributed by atoms with Gasteiger partial charge in [0.15, 0.2) is 11.8 Å². The maximum absolute atomic E-state index is 6.52. The number of hydrogen-bond donors (Lipinski definition) is 1. The molecule has 0 saturated carbocycles. The number of methoxy groups -OCH3 is 2. The molecule has 0 heterocycles. The quantitative estimate of drug-likeness (QED) is 0.586. The number of nitrogens with one attached hydrogen (secondary N) is 1. The van der Waals surface area contributed by atoms with Gasteiger partial charge in [0.25, 0.3) is 0 Å². The van der Waals surface area contributed by atoms with Crippen LogP contribution in [0.2, 0.25) is 0 Å². The molecule has 0 atom stereocenters. The lowest BCUT2D eigenvalue weighted by Gasteiger charge is -1.96. The molecule has 0 aliphatic carbocycles. The zero-order valence-electron chi connectivity index (χ0n) is 10.2. The molecule has 0 aliphatic rings. The number of para-hydroxylation sites is 1. The van der Waals surface area contributed by atoms with Gasteiger partial charge in [-0.25, -0.2) is 4.99 Å². The fourth-order valence-corrected chi connectivity index (χ4v) is 0.730. The van der Waals surface area contributed by atoms with Gasteiger partial charge in [-0.1, -0.05) is 18.2 Å². The largest absolute Gasteiger partial charge is 0.485 e. The smallest absolute Gasteiger partial charge is 0.184 e. The molecule has 0 amide bonds. The van der Waals surface area contributed by atoms with E-state index >= 15 is 0 Å². The molecule has 1 N–H and O–H groups in total. The third-order valence-corrected chi connectivity index (χ3v) is 1.64. The molecule has 0 saturated heterocycles. The van der Waals surface area contributed by atoms with Gasteiger partial charge < -0.3 is 9.47 Å². The van der Waals surface area contributed by atoms with Gasteiger partial charge in [0, 0.05) is 13.8 Å². The summed E-state index contributed by atoms with van der Waals surface area (Å²) in [5, 5.41) is 6.52. The highest BCUT2D eigenvalue weighted by Crippen LogP contribution is 2.09. The predicted octanol–water partition coefficient (Wildman–Crippen LogP) is 3.01. The van der Waals surface area contributed by atoms with Crippen molar-refractivity contribution in [2.75, 3.05) is 14.2 Å². The molecule has 0 spiro atoms. The first-order chi connectivity index (χ1) is 7.60. The van der Waals surface area contributed by atoms with Crippen LogP contribution in [-0.4, -0.2) is 26.0 Å². The minimum atomic E-state index is 0.255. The highest BCUT2D eigenvalue weighted by Gasteiger charge is 1.87. The van der Waals surface area contributed by atoms with Crippen LogP contribution in [0.25, 0.3) is 0 Å². The van der Waals surface area contributed by atoms with Crippen molar-refractivity contribution in [2.24, 2.45) is 4.99 Å². The van der Waals surface area contributed by atoms with E-state index in [0.29, 0.717) is 5.90 Å². The average molecular weight is 222 g/mol. The summed E-state index contributed by atoms with van der Waals surface area (Å²) in [7, 11) is 3.09. The Morgan fingerprint density at radius 2 is 1.56 bits per heavy atom. The highest BCUT2D eigenvalue weighted by molar-refractivity contribution is 5.76. The number of nitrogens with zero attached hydrogens (tertiary/aromatic N) is 1. The van der Waals surface area contributed by atoms with E-state index in [-0.39, 0.29) is 5.90 Å². The van der Waals surface area contributed by atoms with Gasteiger partial charge in [0.1, 0.15) is 0 Å². The monoisotopic (exact) mass is 222 g/mol. The maximum atomic E-state index is 6.52. The van der Waals surface area contributed by atoms with E-state index in [9.17, 15) is 0 Å². The van der Waals surface area contributed by atoms with Gasteiger partial charge >= 0.3 is 0 Å². The summed E-state index contributed by atoms with van der Waals surface area (Å²) < 4.78 is 9.24. The van der Waals surface area contributed by atoms with Crippen LogP contribution in [0.3, 0.4) is 0 Å². The van der Waals surface area contributed by atoms with E-state index in [4.69, 9.17) is 10.1 Å². The van der Waals surface area contributed by atoms with Gasteiger partial charge in [-0.15, -0.1) is 0 Å². The summed E-state index contributed by atoms with van der Waals surface area (Å²) in [4.78, 5) is 4.17. The number of hydrogen-bond acceptors (Lipinski definition) is 4. The molecule has 4 heteroatoms. The summed E-state index contributed by atoms with van der Waals surface area (Å²) in [6.07, 6.45) is 0. The van der Waals surface area contributed by atoms with Crippen LogP contribution < -0.4 is 0 Å². The first-order valence-corrected chi connectivity index (χ1v) is 4.83. The van der Waals surface area contributed by atoms with E-state index in [1.54, 1.807) is 14.0 Å². The van der Waals surface area contributed by atoms with Gasteiger partial charge in [0.2, 0.25) is 0 Å². The predicted molar refractivity (Wildman–Crippen MR) is 66.6 cm³/mol. The van der Waals surface area contributed by atoms with Gasteiger partial charge in [-0.05, 0) is 12.1 Å². The molecule has 0 aromatic heterocycles. The third-order valence-electron chi connectivity index (χ3n) is 1.64. The Balaban J connectivity index is 0.000000385. The van der Waals surface area contributed by atoms with Crippen molar-refractivity contribution in [1.82, 2.24) is 0 Å². The molecule has 0 bridgehead atoms. The second kappa shape index (κ2) is 8.47. The van der Waals surface area contributed by atoms with Crippen LogP contribution in [0, 0.1) is 5.41 Å². The third kappa shape index (κ3) is 7.55. The zero-order chi connectivity index (χ0) is 12.4. The fraction of sp³-hybridized carbons (Fsp3) is 0.333. The lowest BCUT2D eigenvalue weighted by molar-refractivity contribution is 0.396. The molecule has 0 unspecified atom stereocenters. The Kier molecular flexibility index (Phi) is 7.49. The summed E-state index contributed by atoms with van der Waals surface area (Å²) in [5.74, 6) is 0.932. The van der Waals surface area contributed by atoms with Crippen LogP contribution in [0.4, 0.5) is 5.69 Å². The number of rotatable bonds is 1. The van der Waals surface area contributed by atoms with Crippen molar-refractivity contribution in [3.8, 4) is 0 Å². The van der Waals surface area contributed by atoms with E-state index in [2.05, 4.69) is 9.73 Å². The average Bonchev–Trinajstić information content (AvgIpc) is 2.31. The highest BCUT2D eigenvalue weighted by atomic mass is 16.5. The maximum Gasteiger partial charge on any atom is 0.184 e. The van der Waals surface area contributed by atoms with Gasteiger partial charge in [0.05, 0.1) is 19.9 Å². The standard InChI is InChI=1S/C9H11NO.C3H7NO/c1-8(11-2)10-9-6-4-3-5-7-9;1-3(4)5-2/h3-7H,1-2H3;4H,1-2H3. The van der Waals surface area contributed by atoms with Crippen LogP contribution in [-0.2, 0) is 9.47 Å². The van der Waals surface area contributed by atoms with Crippen molar-refractivity contribution in [3.63, 3.8) is 0 Å². The molecule has 4 nitrogen and oxygen atoms in total. The Bertz CT molecular complexity index is 334. The van der Waals surface area contributed by atoms with E-state index in [1.807, 2.05) is 37.3 Å². The first-order valence-electron chi connectivity index (χ1n) is 4.83. The van der Waals surface area contributed by atoms with Crippen molar-refractivity contribution in [2.45, 2.75) is 13.8 Å². The Labute approximate surface area is 96.4 Å². The lowest BCUT2D eigenvalue weighted by Crippen LogP contribution is -1.91. The fourth-order valence-electron chi connectivity index (χ4n) is 0.730. The number of benzene rings is 1. The second-order valence-corrected chi connectivity index (χ2v) is 2.93. The zero-order valence-corrected chi connectivity index (χ0v) is 10.2. The normalized spacial score (nSPS) is 9.88. The molecule has 0 fully saturated rings. The Morgan fingerprint density at radius 1 is 1.06 bits per heavy atom. The van der Waals surface area contributed by atoms with E-state index in [1.165, 1.54) is 7.11 Å². The SMILES string of the molecule is COC(C)=N.COC(C)=Nc1ccccc1. The minimum absolute atomic E-state index is 0.255. The van der Waals surface area contributed by atoms with Gasteiger partial charge in [-0.3, -0.25) is 5.41 Å². The Hall–Kier alpha value is -1.84. The summed E-state index contributed by atoms with van der Waals surface area (Å²) in [5.41, 5.74) is 0.923. The summed E-state index contributed by atoms with van der Waals surface area (Å²) >= 11 is 0. The summed E-state index contributed by atoms with van der Waals surface area (Å²) in [6, 6.07) is 9.72. The number of aliphatic imine (C=N–C) groups is 1. The lowest BCUT2D eigenvalue weighted by atomic mass is 10.3. The molecular formula is C12H18N2O2. The molecule has 0 radical (unpaired) electrons. The van der Waals surface area contributed by atoms with Crippen LogP contribution >= 0.6 is 0 Å². The van der Waals surface area contributed by atoms with Crippen molar-refractivity contribution in [3.05, 3.63) is 30.3 Å². The van der Waals surface area contributed by atoms with Crippen molar-refractivity contribution < 1.29 is 9.47 Å². The summed E-state index contributed by atoms with van der Waals surface area (Å²) in [6.45, 7) is 3.41. The van der Waals surface area contributed by atoms with Crippen molar-refractivity contribution >= 4 is 17.5 Å². The van der Waals surface area contributed by atoms with Crippen molar-refractivity contribution in [1.29, 1.82) is 5.41 Å². The Morgan fingerprint density at radius 3 is 1.94 bits per heavy atom. The molecule has 0 aliphatic heterocycles. The van der Waals surface area contributed by atoms with Crippen LogP contribution in [0.5, 0.6) is 0 Å².